The van der Waals surface area contributed by atoms with Gasteiger partial charge in [0.05, 0.1) is 12.1 Å². The third kappa shape index (κ3) is 3.14. The van der Waals surface area contributed by atoms with Gasteiger partial charge in [-0.15, -0.1) is 0 Å². The summed E-state index contributed by atoms with van der Waals surface area (Å²) in [5, 5.41) is 4.10. The second kappa shape index (κ2) is 5.05. The van der Waals surface area contributed by atoms with E-state index in [9.17, 15) is 13.2 Å². The van der Waals surface area contributed by atoms with E-state index in [2.05, 4.69) is 37.0 Å². The van der Waals surface area contributed by atoms with Crippen LogP contribution in [0.25, 0.3) is 0 Å². The molecule has 2 aromatic rings. The van der Waals surface area contributed by atoms with Crippen LogP contribution in [0, 0.1) is 0 Å². The molecule has 1 aromatic heterocycles. The molecule has 0 atom stereocenters. The number of halogens is 5. The highest BCUT2D eigenvalue weighted by atomic mass is 79.9. The number of hydrogen-bond donors (Lipinski definition) is 0. The Kier molecular flexibility index (Phi) is 3.82. The third-order valence-electron chi connectivity index (χ3n) is 2.29. The molecule has 0 aliphatic carbocycles. The Morgan fingerprint density at radius 1 is 1.17 bits per heavy atom. The zero-order valence-corrected chi connectivity index (χ0v) is 12.1. The molecule has 0 amide bonds. The van der Waals surface area contributed by atoms with Crippen molar-refractivity contribution in [2.24, 2.45) is 0 Å². The smallest absolute Gasteiger partial charge is 0.253 e. The zero-order chi connectivity index (χ0) is 13.3. The lowest BCUT2D eigenvalue weighted by molar-refractivity contribution is -0.137. The number of hydrogen-bond acceptors (Lipinski definition) is 1. The first-order valence-corrected chi connectivity index (χ1v) is 6.50. The second-order valence-electron chi connectivity index (χ2n) is 3.65. The Morgan fingerprint density at radius 2 is 1.89 bits per heavy atom. The first-order valence-electron chi connectivity index (χ1n) is 4.91. The lowest BCUT2D eigenvalue weighted by Crippen LogP contribution is -2.07. The van der Waals surface area contributed by atoms with Gasteiger partial charge in [0, 0.05) is 6.07 Å². The molecule has 0 radical (unpaired) electrons. The van der Waals surface area contributed by atoms with Gasteiger partial charge in [0.25, 0.3) is 0 Å². The van der Waals surface area contributed by atoms with E-state index < -0.39 is 11.7 Å². The topological polar surface area (TPSA) is 17.8 Å². The summed E-state index contributed by atoms with van der Waals surface area (Å²) in [4.78, 5) is 0. The minimum atomic E-state index is -4.32. The van der Waals surface area contributed by atoms with Crippen LogP contribution in [0.3, 0.4) is 0 Å². The van der Waals surface area contributed by atoms with Crippen molar-refractivity contribution < 1.29 is 13.2 Å². The van der Waals surface area contributed by atoms with E-state index in [-0.39, 0.29) is 6.54 Å². The van der Waals surface area contributed by atoms with E-state index in [0.717, 1.165) is 12.1 Å². The normalized spacial score (nSPS) is 11.8. The molecule has 0 bridgehead atoms. The van der Waals surface area contributed by atoms with Crippen LogP contribution in [0.4, 0.5) is 13.2 Å². The van der Waals surface area contributed by atoms with E-state index >= 15 is 0 Å². The molecule has 2 nitrogen and oxygen atoms in total. The van der Waals surface area contributed by atoms with Crippen molar-refractivity contribution in [3.8, 4) is 0 Å². The minimum Gasteiger partial charge on any atom is -0.253 e. The number of nitrogens with zero attached hydrogens (tertiary/aromatic N) is 2. The minimum absolute atomic E-state index is 0.274. The fourth-order valence-corrected chi connectivity index (χ4v) is 2.63. The molecule has 1 aromatic carbocycles. The average molecular weight is 384 g/mol. The number of benzene rings is 1. The maximum atomic E-state index is 12.6. The summed E-state index contributed by atoms with van der Waals surface area (Å²) in [7, 11) is 0. The van der Waals surface area contributed by atoms with Gasteiger partial charge in [0.2, 0.25) is 0 Å². The Labute approximate surface area is 118 Å². The summed E-state index contributed by atoms with van der Waals surface area (Å²) in [6.07, 6.45) is -4.32. The van der Waals surface area contributed by atoms with Gasteiger partial charge >= 0.3 is 6.18 Å². The molecular weight excluding hydrogens is 377 g/mol. The molecule has 0 saturated heterocycles. The molecule has 0 N–H and O–H groups in total. The van der Waals surface area contributed by atoms with Gasteiger partial charge in [0.1, 0.15) is 9.21 Å². The van der Waals surface area contributed by atoms with Gasteiger partial charge in [-0.05, 0) is 49.6 Å². The quantitative estimate of drug-likeness (QED) is 0.747. The summed E-state index contributed by atoms with van der Waals surface area (Å²) in [6.45, 7) is 0.274. The van der Waals surface area contributed by atoms with Crippen LogP contribution < -0.4 is 0 Å². The molecule has 0 spiro atoms. The van der Waals surface area contributed by atoms with Crippen LogP contribution in [0.1, 0.15) is 11.1 Å². The molecule has 0 aliphatic rings. The van der Waals surface area contributed by atoms with E-state index in [4.69, 9.17) is 0 Å². The Balaban J connectivity index is 2.27. The van der Waals surface area contributed by atoms with Crippen LogP contribution in [-0.2, 0) is 12.7 Å². The van der Waals surface area contributed by atoms with Gasteiger partial charge in [-0.1, -0.05) is 12.1 Å². The summed E-state index contributed by atoms with van der Waals surface area (Å²) in [5.74, 6) is 0. The van der Waals surface area contributed by atoms with E-state index in [1.165, 1.54) is 6.07 Å². The van der Waals surface area contributed by atoms with Crippen molar-refractivity contribution in [3.63, 3.8) is 0 Å². The van der Waals surface area contributed by atoms with Crippen molar-refractivity contribution in [1.29, 1.82) is 0 Å². The lowest BCUT2D eigenvalue weighted by Gasteiger charge is -2.09. The van der Waals surface area contributed by atoms with E-state index in [1.807, 2.05) is 0 Å². The van der Waals surface area contributed by atoms with Crippen molar-refractivity contribution in [2.45, 2.75) is 12.7 Å². The SMILES string of the molecule is FC(F)(F)c1cccc(Cn2nc(Br)cc2Br)c1. The number of rotatable bonds is 2. The predicted molar refractivity (Wildman–Crippen MR) is 68.2 cm³/mol. The largest absolute Gasteiger partial charge is 0.416 e. The van der Waals surface area contributed by atoms with Crippen LogP contribution in [-0.4, -0.2) is 9.78 Å². The van der Waals surface area contributed by atoms with Crippen molar-refractivity contribution in [2.75, 3.05) is 0 Å². The molecule has 0 saturated carbocycles. The van der Waals surface area contributed by atoms with Gasteiger partial charge in [0.15, 0.2) is 0 Å². The molecule has 18 heavy (non-hydrogen) atoms. The first kappa shape index (κ1) is 13.6. The van der Waals surface area contributed by atoms with E-state index in [0.29, 0.717) is 14.8 Å². The van der Waals surface area contributed by atoms with Crippen LogP contribution in [0.5, 0.6) is 0 Å². The van der Waals surface area contributed by atoms with Crippen LogP contribution in [0.15, 0.2) is 39.5 Å². The van der Waals surface area contributed by atoms with Crippen molar-refractivity contribution in [3.05, 3.63) is 50.7 Å². The Bertz CT molecular complexity index is 564. The zero-order valence-electron chi connectivity index (χ0n) is 8.88. The van der Waals surface area contributed by atoms with Crippen LogP contribution >= 0.6 is 31.9 Å². The molecule has 1 heterocycles. The average Bonchev–Trinajstić information content (AvgIpc) is 2.56. The lowest BCUT2D eigenvalue weighted by atomic mass is 10.1. The monoisotopic (exact) mass is 382 g/mol. The molecule has 0 fully saturated rings. The molecular formula is C11H7Br2F3N2. The number of aromatic nitrogens is 2. The summed E-state index contributed by atoms with van der Waals surface area (Å²) < 4.78 is 40.5. The summed E-state index contributed by atoms with van der Waals surface area (Å²) >= 11 is 6.48. The fourth-order valence-electron chi connectivity index (χ4n) is 1.49. The summed E-state index contributed by atoms with van der Waals surface area (Å²) in [6, 6.07) is 6.94. The first-order chi connectivity index (χ1) is 8.36. The number of alkyl halides is 3. The standard InChI is InChI=1S/C11H7Br2F3N2/c12-9-5-10(13)18(17-9)6-7-2-1-3-8(4-7)11(14,15)16/h1-5H,6H2. The maximum Gasteiger partial charge on any atom is 0.416 e. The summed E-state index contributed by atoms with van der Waals surface area (Å²) in [5.41, 5.74) is -0.108. The van der Waals surface area contributed by atoms with Gasteiger partial charge in [-0.2, -0.15) is 18.3 Å². The molecule has 0 unspecified atom stereocenters. The predicted octanol–water partition coefficient (Wildman–Crippen LogP) is 4.48. The molecule has 2 rings (SSSR count). The highest BCUT2D eigenvalue weighted by Gasteiger charge is 2.30. The highest BCUT2D eigenvalue weighted by Crippen LogP contribution is 2.29. The maximum absolute atomic E-state index is 12.6. The van der Waals surface area contributed by atoms with Gasteiger partial charge in [-0.25, -0.2) is 0 Å². The Morgan fingerprint density at radius 3 is 2.44 bits per heavy atom. The van der Waals surface area contributed by atoms with Crippen LogP contribution in [0.2, 0.25) is 0 Å². The fraction of sp³-hybridized carbons (Fsp3) is 0.182. The Hall–Kier alpha value is -0.820. The second-order valence-corrected chi connectivity index (χ2v) is 5.27. The van der Waals surface area contributed by atoms with Crippen molar-refractivity contribution >= 4 is 31.9 Å². The van der Waals surface area contributed by atoms with Gasteiger partial charge in [-0.3, -0.25) is 4.68 Å². The molecule has 96 valence electrons. The van der Waals surface area contributed by atoms with Crippen molar-refractivity contribution in [1.82, 2.24) is 9.78 Å². The van der Waals surface area contributed by atoms with E-state index in [1.54, 1.807) is 16.8 Å². The third-order valence-corrected chi connectivity index (χ3v) is 3.31. The molecule has 7 heteroatoms. The highest BCUT2D eigenvalue weighted by molar-refractivity contribution is 9.11. The molecule has 0 aliphatic heterocycles. The van der Waals surface area contributed by atoms with Gasteiger partial charge < -0.3 is 0 Å².